The van der Waals surface area contributed by atoms with E-state index in [1.807, 2.05) is 0 Å². The first kappa shape index (κ1) is 15.5. The predicted molar refractivity (Wildman–Crippen MR) is 71.0 cm³/mol. The van der Waals surface area contributed by atoms with E-state index in [1.54, 1.807) is 18.2 Å². The molecule has 1 heterocycles. The first-order chi connectivity index (χ1) is 10.0. The van der Waals surface area contributed by atoms with Gasteiger partial charge in [-0.15, -0.1) is 0 Å². The number of carbonyl (C=O) groups excluding carboxylic acids is 1. The van der Waals surface area contributed by atoms with Gasteiger partial charge in [-0.25, -0.2) is 4.79 Å². The molecule has 0 amide bonds. The van der Waals surface area contributed by atoms with Gasteiger partial charge in [-0.2, -0.15) is 0 Å². The summed E-state index contributed by atoms with van der Waals surface area (Å²) in [6, 6.07) is 6.41. The second kappa shape index (κ2) is 6.68. The monoisotopic (exact) mass is 296 g/mol. The van der Waals surface area contributed by atoms with Crippen LogP contribution in [0.15, 0.2) is 30.3 Å². The Balaban J connectivity index is 1.95. The normalized spacial score (nSPS) is 28.9. The molecule has 1 aliphatic heterocycles. The molecule has 4 N–H and O–H groups in total. The summed E-state index contributed by atoms with van der Waals surface area (Å²) in [5, 5.41) is 37.5. The van der Waals surface area contributed by atoms with E-state index < -0.39 is 37.2 Å². The molecule has 21 heavy (non-hydrogen) atoms. The highest BCUT2D eigenvalue weighted by atomic mass is 16.7. The van der Waals surface area contributed by atoms with Crippen molar-refractivity contribution in [2.24, 2.45) is 0 Å². The zero-order chi connectivity index (χ0) is 15.4. The van der Waals surface area contributed by atoms with Crippen LogP contribution in [-0.4, -0.2) is 57.6 Å². The van der Waals surface area contributed by atoms with Crippen molar-refractivity contribution in [3.05, 3.63) is 35.9 Å². The quantitative estimate of drug-likeness (QED) is 0.432. The standard InChI is InChI=1S/C14H16O7/c15-7-10-12(18)13(19)14(20-10)21-11(17)6-5-8-3-1-2-4-9(8)16/h1-6,10,12-16,18-19H,7H2/t10-,12+,13-,14?/m1/s1. The van der Waals surface area contributed by atoms with Crippen LogP contribution in [-0.2, 0) is 14.3 Å². The summed E-state index contributed by atoms with van der Waals surface area (Å²) in [6.45, 7) is -0.500. The van der Waals surface area contributed by atoms with Crippen LogP contribution in [0.1, 0.15) is 5.56 Å². The van der Waals surface area contributed by atoms with E-state index in [1.165, 1.54) is 12.1 Å². The van der Waals surface area contributed by atoms with Gasteiger partial charge in [-0.05, 0) is 12.1 Å². The van der Waals surface area contributed by atoms with E-state index in [9.17, 15) is 20.1 Å². The molecule has 1 aliphatic rings. The summed E-state index contributed by atoms with van der Waals surface area (Å²) < 4.78 is 9.84. The number of para-hydroxylation sites is 1. The molecule has 0 aliphatic carbocycles. The lowest BCUT2D eigenvalue weighted by Crippen LogP contribution is -2.35. The molecule has 1 aromatic carbocycles. The number of aliphatic hydroxyl groups excluding tert-OH is 3. The number of phenolic OH excluding ortho intramolecular Hbond substituents is 1. The number of esters is 1. The van der Waals surface area contributed by atoms with Gasteiger partial charge in [0.25, 0.3) is 0 Å². The number of rotatable bonds is 4. The van der Waals surface area contributed by atoms with Crippen LogP contribution in [0.25, 0.3) is 6.08 Å². The maximum absolute atomic E-state index is 11.6. The third-order valence-electron chi connectivity index (χ3n) is 3.07. The minimum absolute atomic E-state index is 0.00877. The van der Waals surface area contributed by atoms with Crippen molar-refractivity contribution in [2.45, 2.75) is 24.6 Å². The molecular weight excluding hydrogens is 280 g/mol. The lowest BCUT2D eigenvalue weighted by molar-refractivity contribution is -0.184. The predicted octanol–water partition coefficient (Wildman–Crippen LogP) is -0.612. The highest BCUT2D eigenvalue weighted by Gasteiger charge is 2.44. The molecule has 0 bridgehead atoms. The molecule has 0 radical (unpaired) electrons. The number of benzene rings is 1. The molecule has 1 unspecified atom stereocenters. The van der Waals surface area contributed by atoms with Gasteiger partial charge in [0.2, 0.25) is 6.29 Å². The van der Waals surface area contributed by atoms with Crippen molar-refractivity contribution in [1.82, 2.24) is 0 Å². The number of phenols is 1. The average Bonchev–Trinajstić information content (AvgIpc) is 2.74. The van der Waals surface area contributed by atoms with Gasteiger partial charge < -0.3 is 29.9 Å². The Morgan fingerprint density at radius 3 is 2.62 bits per heavy atom. The largest absolute Gasteiger partial charge is 0.507 e. The van der Waals surface area contributed by atoms with E-state index in [4.69, 9.17) is 14.6 Å². The second-order valence-electron chi connectivity index (χ2n) is 4.54. The molecular formula is C14H16O7. The third-order valence-corrected chi connectivity index (χ3v) is 3.07. The van der Waals surface area contributed by atoms with Gasteiger partial charge in [-0.3, -0.25) is 0 Å². The van der Waals surface area contributed by atoms with Crippen LogP contribution in [0.4, 0.5) is 0 Å². The summed E-state index contributed by atoms with van der Waals surface area (Å²) in [5.41, 5.74) is 0.426. The minimum Gasteiger partial charge on any atom is -0.507 e. The van der Waals surface area contributed by atoms with Gasteiger partial charge in [0, 0.05) is 11.6 Å². The number of hydrogen-bond acceptors (Lipinski definition) is 7. The van der Waals surface area contributed by atoms with Crippen molar-refractivity contribution in [3.8, 4) is 5.75 Å². The second-order valence-corrected chi connectivity index (χ2v) is 4.54. The Bertz CT molecular complexity index is 528. The molecule has 2 rings (SSSR count). The summed E-state index contributed by atoms with van der Waals surface area (Å²) in [6.07, 6.45) is -2.69. The fraction of sp³-hybridized carbons (Fsp3) is 0.357. The van der Waals surface area contributed by atoms with E-state index in [-0.39, 0.29) is 5.75 Å². The summed E-state index contributed by atoms with van der Waals surface area (Å²) in [5.74, 6) is -0.803. The average molecular weight is 296 g/mol. The lowest BCUT2D eigenvalue weighted by atomic mass is 10.1. The van der Waals surface area contributed by atoms with Gasteiger partial charge >= 0.3 is 5.97 Å². The van der Waals surface area contributed by atoms with Crippen molar-refractivity contribution >= 4 is 12.0 Å². The highest BCUT2D eigenvalue weighted by molar-refractivity contribution is 5.87. The van der Waals surface area contributed by atoms with Gasteiger partial charge in [0.15, 0.2) is 0 Å². The first-order valence-electron chi connectivity index (χ1n) is 6.32. The Labute approximate surface area is 120 Å². The minimum atomic E-state index is -1.43. The van der Waals surface area contributed by atoms with Crippen molar-refractivity contribution in [2.75, 3.05) is 6.61 Å². The van der Waals surface area contributed by atoms with Crippen LogP contribution in [0, 0.1) is 0 Å². The van der Waals surface area contributed by atoms with Crippen LogP contribution < -0.4 is 0 Å². The molecule has 1 saturated heterocycles. The lowest BCUT2D eigenvalue weighted by Gasteiger charge is -2.13. The fourth-order valence-corrected chi connectivity index (χ4v) is 1.90. The summed E-state index contributed by atoms with van der Waals surface area (Å²) in [4.78, 5) is 11.6. The number of carbonyl (C=O) groups is 1. The molecule has 7 heteroatoms. The molecule has 4 atom stereocenters. The SMILES string of the molecule is O=C(C=Cc1ccccc1O)OC1O[C@H](CO)[C@H](O)[C@H]1O. The smallest absolute Gasteiger partial charge is 0.333 e. The van der Waals surface area contributed by atoms with Crippen LogP contribution in [0.2, 0.25) is 0 Å². The van der Waals surface area contributed by atoms with Gasteiger partial charge in [0.1, 0.15) is 24.1 Å². The molecule has 0 aromatic heterocycles. The number of aromatic hydroxyl groups is 1. The van der Waals surface area contributed by atoms with Gasteiger partial charge in [-0.1, -0.05) is 18.2 Å². The zero-order valence-electron chi connectivity index (χ0n) is 11.0. The van der Waals surface area contributed by atoms with Crippen molar-refractivity contribution < 1.29 is 34.7 Å². The Morgan fingerprint density at radius 2 is 2.00 bits per heavy atom. The highest BCUT2D eigenvalue weighted by Crippen LogP contribution is 2.22. The molecule has 7 nitrogen and oxygen atoms in total. The maximum atomic E-state index is 11.6. The molecule has 0 spiro atoms. The molecule has 1 aromatic rings. The first-order valence-corrected chi connectivity index (χ1v) is 6.32. The van der Waals surface area contributed by atoms with Crippen molar-refractivity contribution in [1.29, 1.82) is 0 Å². The van der Waals surface area contributed by atoms with E-state index >= 15 is 0 Å². The Morgan fingerprint density at radius 1 is 1.29 bits per heavy atom. The number of aliphatic hydroxyl groups is 3. The zero-order valence-corrected chi connectivity index (χ0v) is 11.0. The number of ether oxygens (including phenoxy) is 2. The van der Waals surface area contributed by atoms with Crippen molar-refractivity contribution in [3.63, 3.8) is 0 Å². The summed E-state index contributed by atoms with van der Waals surface area (Å²) >= 11 is 0. The molecule has 0 saturated carbocycles. The van der Waals surface area contributed by atoms with Crippen LogP contribution in [0.3, 0.4) is 0 Å². The topological polar surface area (TPSA) is 116 Å². The van der Waals surface area contributed by atoms with Gasteiger partial charge in [0.05, 0.1) is 6.61 Å². The van der Waals surface area contributed by atoms with E-state index in [2.05, 4.69) is 0 Å². The van der Waals surface area contributed by atoms with Crippen LogP contribution in [0.5, 0.6) is 5.75 Å². The molecule has 114 valence electrons. The summed E-state index contributed by atoms with van der Waals surface area (Å²) in [7, 11) is 0. The van der Waals surface area contributed by atoms with Crippen LogP contribution >= 0.6 is 0 Å². The number of hydrogen-bond donors (Lipinski definition) is 4. The fourth-order valence-electron chi connectivity index (χ4n) is 1.90. The Kier molecular flexibility index (Phi) is 4.92. The van der Waals surface area contributed by atoms with E-state index in [0.717, 1.165) is 6.08 Å². The third kappa shape index (κ3) is 3.59. The maximum Gasteiger partial charge on any atom is 0.333 e. The van der Waals surface area contributed by atoms with E-state index in [0.29, 0.717) is 5.56 Å². The molecule has 1 fully saturated rings. The Hall–Kier alpha value is -1.93.